The van der Waals surface area contributed by atoms with Crippen molar-refractivity contribution in [3.8, 4) is 0 Å². The second kappa shape index (κ2) is 7.58. The number of hydrogen-bond donors (Lipinski definition) is 1. The molecule has 1 saturated carbocycles. The van der Waals surface area contributed by atoms with E-state index in [0.29, 0.717) is 24.9 Å². The summed E-state index contributed by atoms with van der Waals surface area (Å²) in [7, 11) is 0. The average Bonchev–Trinajstić information content (AvgIpc) is 3.28. The van der Waals surface area contributed by atoms with Gasteiger partial charge in [-0.15, -0.1) is 0 Å². The maximum Gasteiger partial charge on any atom is 0.220 e. The Hall–Kier alpha value is -2.21. The van der Waals surface area contributed by atoms with E-state index in [1.165, 1.54) is 18.5 Å². The topological polar surface area (TPSA) is 63.1 Å². The first-order chi connectivity index (χ1) is 12.7. The van der Waals surface area contributed by atoms with Crippen LogP contribution in [0.5, 0.6) is 0 Å². The lowest BCUT2D eigenvalue weighted by Crippen LogP contribution is -2.39. The Morgan fingerprint density at radius 1 is 1.31 bits per heavy atom. The Morgan fingerprint density at radius 3 is 3.00 bits per heavy atom. The smallest absolute Gasteiger partial charge is 0.220 e. The summed E-state index contributed by atoms with van der Waals surface area (Å²) in [5.74, 6) is 0.838. The molecular weight excluding hydrogens is 326 g/mol. The lowest BCUT2D eigenvalue weighted by molar-refractivity contribution is -0.121. The van der Waals surface area contributed by atoms with Gasteiger partial charge in [0.15, 0.2) is 0 Å². The number of pyridine rings is 1. The van der Waals surface area contributed by atoms with Crippen molar-refractivity contribution in [3.05, 3.63) is 47.5 Å². The first kappa shape index (κ1) is 17.2. The fraction of sp³-hybridized carbons (Fsp3) is 0.550. The second-order valence-corrected chi connectivity index (χ2v) is 7.65. The van der Waals surface area contributed by atoms with E-state index in [2.05, 4.69) is 43.2 Å². The average molecular weight is 353 g/mol. The van der Waals surface area contributed by atoms with Crippen molar-refractivity contribution in [2.45, 2.75) is 51.7 Å². The third kappa shape index (κ3) is 4.30. The van der Waals surface area contributed by atoms with Gasteiger partial charge in [-0.2, -0.15) is 5.10 Å². The third-order valence-corrected chi connectivity index (χ3v) is 5.26. The van der Waals surface area contributed by atoms with E-state index in [1.807, 2.05) is 19.2 Å². The summed E-state index contributed by atoms with van der Waals surface area (Å²) in [6, 6.07) is 8.57. The lowest BCUT2D eigenvalue weighted by Gasteiger charge is -2.33. The third-order valence-electron chi connectivity index (χ3n) is 5.26. The predicted molar refractivity (Wildman–Crippen MR) is 99.3 cm³/mol. The molecule has 1 aliphatic carbocycles. The molecule has 0 radical (unpaired) electrons. The van der Waals surface area contributed by atoms with E-state index >= 15 is 0 Å². The summed E-state index contributed by atoms with van der Waals surface area (Å²) < 4.78 is 2.13. The largest absolute Gasteiger partial charge is 0.356 e. The number of rotatable bonds is 7. The summed E-state index contributed by atoms with van der Waals surface area (Å²) in [6.45, 7) is 5.41. The van der Waals surface area contributed by atoms with Crippen LogP contribution in [0.3, 0.4) is 0 Å². The normalized spacial score (nSPS) is 20.0. The standard InChI is InChI=1S/C20H27N5O/c1-15-3-2-4-17(23-15)12-24-13-18(25-19(14-24)8-10-22-25)7-9-21-20(26)11-16-5-6-16/h2-4,8,10,16,18H,5-7,9,11-14H2,1H3,(H,21,26)/t18-/m0/s1. The van der Waals surface area contributed by atoms with Gasteiger partial charge >= 0.3 is 0 Å². The number of aryl methyl sites for hydroxylation is 1. The van der Waals surface area contributed by atoms with E-state index in [1.54, 1.807) is 0 Å². The van der Waals surface area contributed by atoms with Gasteiger partial charge in [-0.25, -0.2) is 0 Å². The highest BCUT2D eigenvalue weighted by atomic mass is 16.1. The number of aromatic nitrogens is 3. The van der Waals surface area contributed by atoms with Crippen LogP contribution in [-0.4, -0.2) is 38.7 Å². The van der Waals surface area contributed by atoms with E-state index in [9.17, 15) is 4.79 Å². The Balaban J connectivity index is 1.35. The van der Waals surface area contributed by atoms with Gasteiger partial charge in [-0.3, -0.25) is 19.4 Å². The molecule has 0 unspecified atom stereocenters. The molecule has 0 bridgehead atoms. The van der Waals surface area contributed by atoms with Gasteiger partial charge in [0.25, 0.3) is 0 Å². The number of amides is 1. The van der Waals surface area contributed by atoms with Crippen LogP contribution in [-0.2, 0) is 17.9 Å². The van der Waals surface area contributed by atoms with Crippen molar-refractivity contribution in [3.63, 3.8) is 0 Å². The number of hydrogen-bond acceptors (Lipinski definition) is 4. The van der Waals surface area contributed by atoms with Crippen LogP contribution >= 0.6 is 0 Å². The van der Waals surface area contributed by atoms with Crippen LogP contribution in [0.4, 0.5) is 0 Å². The molecule has 6 heteroatoms. The van der Waals surface area contributed by atoms with E-state index in [0.717, 1.165) is 37.4 Å². The Labute approximate surface area is 154 Å². The van der Waals surface area contributed by atoms with Crippen LogP contribution in [0.2, 0.25) is 0 Å². The van der Waals surface area contributed by atoms with Gasteiger partial charge in [-0.1, -0.05) is 6.07 Å². The Morgan fingerprint density at radius 2 is 2.19 bits per heavy atom. The zero-order valence-electron chi connectivity index (χ0n) is 15.4. The maximum atomic E-state index is 11.9. The molecule has 1 atom stereocenters. The summed E-state index contributed by atoms with van der Waals surface area (Å²) >= 11 is 0. The molecule has 26 heavy (non-hydrogen) atoms. The minimum atomic E-state index is 0.199. The number of fused-ring (bicyclic) bond motifs is 1. The van der Waals surface area contributed by atoms with Crippen molar-refractivity contribution in [2.75, 3.05) is 13.1 Å². The summed E-state index contributed by atoms with van der Waals surface area (Å²) in [4.78, 5) is 19.0. The van der Waals surface area contributed by atoms with Crippen LogP contribution < -0.4 is 5.32 Å². The molecule has 0 saturated heterocycles. The molecule has 1 fully saturated rings. The van der Waals surface area contributed by atoms with E-state index < -0.39 is 0 Å². The predicted octanol–water partition coefficient (Wildman–Crippen LogP) is 2.45. The first-order valence-corrected chi connectivity index (χ1v) is 9.61. The quantitative estimate of drug-likeness (QED) is 0.830. The number of carbonyl (C=O) groups excluding carboxylic acids is 1. The fourth-order valence-electron chi connectivity index (χ4n) is 3.75. The van der Waals surface area contributed by atoms with Crippen molar-refractivity contribution < 1.29 is 4.79 Å². The lowest BCUT2D eigenvalue weighted by atomic mass is 10.1. The minimum absolute atomic E-state index is 0.199. The molecule has 2 aromatic heterocycles. The van der Waals surface area contributed by atoms with Crippen molar-refractivity contribution in [1.29, 1.82) is 0 Å². The molecule has 4 rings (SSSR count). The Kier molecular flexibility index (Phi) is 5.02. The number of nitrogens with one attached hydrogen (secondary N) is 1. The van der Waals surface area contributed by atoms with Crippen LogP contribution in [0.1, 0.15) is 48.8 Å². The van der Waals surface area contributed by atoms with Crippen molar-refractivity contribution in [1.82, 2.24) is 25.0 Å². The van der Waals surface area contributed by atoms with Crippen molar-refractivity contribution in [2.24, 2.45) is 5.92 Å². The molecule has 0 spiro atoms. The molecule has 3 heterocycles. The van der Waals surface area contributed by atoms with Gasteiger partial charge in [0.2, 0.25) is 5.91 Å². The molecular formula is C20H27N5O. The SMILES string of the molecule is Cc1cccc(CN2Cc3ccnn3[C@@H](CCNC(=O)CC3CC3)C2)n1. The van der Waals surface area contributed by atoms with Crippen LogP contribution in [0.25, 0.3) is 0 Å². The van der Waals surface area contributed by atoms with E-state index in [-0.39, 0.29) is 5.91 Å². The van der Waals surface area contributed by atoms with Crippen molar-refractivity contribution >= 4 is 5.91 Å². The highest BCUT2D eigenvalue weighted by Gasteiger charge is 2.27. The molecule has 1 aliphatic heterocycles. The zero-order chi connectivity index (χ0) is 17.9. The summed E-state index contributed by atoms with van der Waals surface area (Å²) in [6.07, 6.45) is 5.91. The Bertz CT molecular complexity index is 767. The molecule has 138 valence electrons. The monoisotopic (exact) mass is 353 g/mol. The molecule has 0 aromatic carbocycles. The number of carbonyl (C=O) groups is 1. The molecule has 2 aromatic rings. The zero-order valence-corrected chi connectivity index (χ0v) is 15.4. The van der Waals surface area contributed by atoms with Crippen LogP contribution in [0, 0.1) is 12.8 Å². The highest BCUT2D eigenvalue weighted by molar-refractivity contribution is 5.76. The molecule has 2 aliphatic rings. The van der Waals surface area contributed by atoms with Gasteiger partial charge in [-0.05, 0) is 50.3 Å². The molecule has 1 N–H and O–H groups in total. The fourth-order valence-corrected chi connectivity index (χ4v) is 3.75. The van der Waals surface area contributed by atoms with Gasteiger partial charge < -0.3 is 5.32 Å². The van der Waals surface area contributed by atoms with Gasteiger partial charge in [0.1, 0.15) is 0 Å². The van der Waals surface area contributed by atoms with Crippen LogP contribution in [0.15, 0.2) is 30.5 Å². The molecule has 6 nitrogen and oxygen atoms in total. The highest BCUT2D eigenvalue weighted by Crippen LogP contribution is 2.32. The molecule has 1 amide bonds. The number of nitrogens with zero attached hydrogens (tertiary/aromatic N) is 4. The first-order valence-electron chi connectivity index (χ1n) is 9.61. The summed E-state index contributed by atoms with van der Waals surface area (Å²) in [5, 5.41) is 7.60. The summed E-state index contributed by atoms with van der Waals surface area (Å²) in [5.41, 5.74) is 3.40. The second-order valence-electron chi connectivity index (χ2n) is 7.65. The maximum absolute atomic E-state index is 11.9. The van der Waals surface area contributed by atoms with Gasteiger partial charge in [0, 0.05) is 44.5 Å². The minimum Gasteiger partial charge on any atom is -0.356 e. The van der Waals surface area contributed by atoms with E-state index in [4.69, 9.17) is 0 Å². The van der Waals surface area contributed by atoms with Gasteiger partial charge in [0.05, 0.1) is 17.4 Å².